The molecule has 20 heavy (non-hydrogen) atoms. The van der Waals surface area contributed by atoms with Gasteiger partial charge in [0.05, 0.1) is 4.90 Å². The molecule has 0 radical (unpaired) electrons. The van der Waals surface area contributed by atoms with Crippen molar-refractivity contribution in [3.63, 3.8) is 0 Å². The van der Waals surface area contributed by atoms with Crippen LogP contribution < -0.4 is 4.18 Å². The summed E-state index contributed by atoms with van der Waals surface area (Å²) < 4.78 is 50.8. The van der Waals surface area contributed by atoms with Gasteiger partial charge >= 0.3 is 10.1 Å². The molecule has 0 fully saturated rings. The van der Waals surface area contributed by atoms with Crippen LogP contribution in [0.5, 0.6) is 5.75 Å². The summed E-state index contributed by atoms with van der Waals surface area (Å²) in [6.07, 6.45) is 0. The Hall–Kier alpha value is -1.57. The van der Waals surface area contributed by atoms with Crippen molar-refractivity contribution in [2.24, 2.45) is 0 Å². The van der Waals surface area contributed by atoms with Gasteiger partial charge in [-0.1, -0.05) is 18.2 Å². The fourth-order valence-electron chi connectivity index (χ4n) is 1.42. The van der Waals surface area contributed by atoms with Gasteiger partial charge in [0.15, 0.2) is 0 Å². The monoisotopic (exact) mass is 332 g/mol. The summed E-state index contributed by atoms with van der Waals surface area (Å²) in [4.78, 5) is -0.127. The molecule has 0 unspecified atom stereocenters. The number of rotatable bonds is 4. The maximum atomic E-state index is 11.9. The van der Waals surface area contributed by atoms with Crippen molar-refractivity contribution in [2.45, 2.75) is 9.79 Å². The molecule has 0 aromatic heterocycles. The molecule has 0 bridgehead atoms. The van der Waals surface area contributed by atoms with Crippen LogP contribution in [-0.2, 0) is 19.2 Å². The van der Waals surface area contributed by atoms with Crippen LogP contribution in [0.15, 0.2) is 64.4 Å². The Balaban J connectivity index is 2.27. The first-order chi connectivity index (χ1) is 9.29. The maximum absolute atomic E-state index is 11.9. The van der Waals surface area contributed by atoms with Gasteiger partial charge in [-0.15, -0.1) is 0 Å². The summed E-state index contributed by atoms with van der Waals surface area (Å²) >= 11 is 0. The fourth-order valence-corrected chi connectivity index (χ4v) is 3.14. The smallest absolute Gasteiger partial charge is 0.339 e. The van der Waals surface area contributed by atoms with Gasteiger partial charge in [-0.25, -0.2) is 8.42 Å². The standard InChI is InChI=1S/C12H9ClO5S2/c13-19(14,15)11-8-6-10(7-9-11)18-20(16,17)12-4-2-1-3-5-12/h1-9H. The van der Waals surface area contributed by atoms with E-state index in [1.165, 1.54) is 24.3 Å². The van der Waals surface area contributed by atoms with Crippen LogP contribution in [0, 0.1) is 0 Å². The Kier molecular flexibility index (Phi) is 4.03. The predicted octanol–water partition coefficient (Wildman–Crippen LogP) is 2.38. The van der Waals surface area contributed by atoms with Crippen LogP contribution >= 0.6 is 10.7 Å². The Morgan fingerprint density at radius 2 is 1.30 bits per heavy atom. The highest BCUT2D eigenvalue weighted by Gasteiger charge is 2.16. The van der Waals surface area contributed by atoms with Crippen molar-refractivity contribution < 1.29 is 21.0 Å². The fraction of sp³-hybridized carbons (Fsp3) is 0. The van der Waals surface area contributed by atoms with Gasteiger partial charge in [-0.3, -0.25) is 0 Å². The van der Waals surface area contributed by atoms with Gasteiger partial charge in [0, 0.05) is 10.7 Å². The van der Waals surface area contributed by atoms with Gasteiger partial charge in [0.25, 0.3) is 9.05 Å². The van der Waals surface area contributed by atoms with Gasteiger partial charge in [0.1, 0.15) is 10.6 Å². The normalized spacial score (nSPS) is 12.1. The van der Waals surface area contributed by atoms with E-state index in [9.17, 15) is 16.8 Å². The van der Waals surface area contributed by atoms with Gasteiger partial charge in [-0.2, -0.15) is 8.42 Å². The zero-order chi connectivity index (χ0) is 14.8. The maximum Gasteiger partial charge on any atom is 0.339 e. The Labute approximate surface area is 121 Å². The number of hydrogen-bond donors (Lipinski definition) is 0. The molecule has 2 aromatic rings. The van der Waals surface area contributed by atoms with Crippen LogP contribution in [0.2, 0.25) is 0 Å². The molecule has 0 aliphatic carbocycles. The van der Waals surface area contributed by atoms with Crippen LogP contribution in [-0.4, -0.2) is 16.8 Å². The molecule has 0 aliphatic rings. The van der Waals surface area contributed by atoms with E-state index in [0.717, 1.165) is 12.1 Å². The molecular weight excluding hydrogens is 324 g/mol. The second kappa shape index (κ2) is 5.43. The first kappa shape index (κ1) is 14.8. The number of hydrogen-bond acceptors (Lipinski definition) is 5. The van der Waals surface area contributed by atoms with E-state index in [1.807, 2.05) is 0 Å². The van der Waals surface area contributed by atoms with E-state index in [-0.39, 0.29) is 15.5 Å². The van der Waals surface area contributed by atoms with E-state index >= 15 is 0 Å². The van der Waals surface area contributed by atoms with Gasteiger partial charge < -0.3 is 4.18 Å². The lowest BCUT2D eigenvalue weighted by molar-refractivity contribution is 0.486. The Morgan fingerprint density at radius 1 is 0.750 bits per heavy atom. The van der Waals surface area contributed by atoms with E-state index in [4.69, 9.17) is 14.9 Å². The molecule has 0 amide bonds. The molecule has 5 nitrogen and oxygen atoms in total. The van der Waals surface area contributed by atoms with E-state index in [1.54, 1.807) is 18.2 Å². The lowest BCUT2D eigenvalue weighted by Gasteiger charge is -2.07. The summed E-state index contributed by atoms with van der Waals surface area (Å²) in [5.74, 6) is -0.00193. The molecule has 0 N–H and O–H groups in total. The highest BCUT2D eigenvalue weighted by molar-refractivity contribution is 8.13. The van der Waals surface area contributed by atoms with E-state index < -0.39 is 19.2 Å². The first-order valence-corrected chi connectivity index (χ1v) is 9.05. The average Bonchev–Trinajstić information content (AvgIpc) is 2.39. The van der Waals surface area contributed by atoms with Crippen molar-refractivity contribution in [1.29, 1.82) is 0 Å². The minimum atomic E-state index is -3.94. The molecule has 0 aliphatic heterocycles. The van der Waals surface area contributed by atoms with E-state index in [2.05, 4.69) is 0 Å². The first-order valence-electron chi connectivity index (χ1n) is 5.33. The molecule has 0 spiro atoms. The highest BCUT2D eigenvalue weighted by atomic mass is 35.7. The average molecular weight is 333 g/mol. The summed E-state index contributed by atoms with van der Waals surface area (Å²) in [6, 6.07) is 12.4. The van der Waals surface area contributed by atoms with Crippen molar-refractivity contribution in [1.82, 2.24) is 0 Å². The SMILES string of the molecule is O=S(=O)(Cl)c1ccc(OS(=O)(=O)c2ccccc2)cc1. The third-order valence-corrected chi connectivity index (χ3v) is 4.97. The van der Waals surface area contributed by atoms with E-state index in [0.29, 0.717) is 0 Å². The second-order valence-electron chi connectivity index (χ2n) is 3.76. The summed E-state index contributed by atoms with van der Waals surface area (Å²) in [5.41, 5.74) is 0. The molecule has 0 heterocycles. The lowest BCUT2D eigenvalue weighted by Crippen LogP contribution is -2.09. The molecule has 0 saturated carbocycles. The van der Waals surface area contributed by atoms with Crippen molar-refractivity contribution in [3.8, 4) is 5.75 Å². The molecule has 0 saturated heterocycles. The third-order valence-electron chi connectivity index (χ3n) is 2.34. The predicted molar refractivity (Wildman–Crippen MR) is 73.7 cm³/mol. The molecule has 2 aromatic carbocycles. The second-order valence-corrected chi connectivity index (χ2v) is 7.87. The van der Waals surface area contributed by atoms with Crippen molar-refractivity contribution in [3.05, 3.63) is 54.6 Å². The number of benzene rings is 2. The summed E-state index contributed by atoms with van der Waals surface area (Å²) in [6.45, 7) is 0. The highest BCUT2D eigenvalue weighted by Crippen LogP contribution is 2.22. The zero-order valence-corrected chi connectivity index (χ0v) is 12.3. The van der Waals surface area contributed by atoms with Crippen LogP contribution in [0.1, 0.15) is 0 Å². The van der Waals surface area contributed by atoms with Crippen LogP contribution in [0.3, 0.4) is 0 Å². The molecule has 0 atom stereocenters. The molecule has 2 rings (SSSR count). The zero-order valence-electron chi connectivity index (χ0n) is 9.93. The molecule has 106 valence electrons. The minimum absolute atomic E-state index is 0.00193. The van der Waals surface area contributed by atoms with Crippen LogP contribution in [0.25, 0.3) is 0 Å². The Morgan fingerprint density at radius 3 is 1.80 bits per heavy atom. The van der Waals surface area contributed by atoms with Crippen molar-refractivity contribution in [2.75, 3.05) is 0 Å². The van der Waals surface area contributed by atoms with Crippen molar-refractivity contribution >= 4 is 29.9 Å². The molecule has 8 heteroatoms. The summed E-state index contributed by atoms with van der Waals surface area (Å²) in [7, 11) is -2.64. The van der Waals surface area contributed by atoms with Gasteiger partial charge in [-0.05, 0) is 36.4 Å². The largest absolute Gasteiger partial charge is 0.379 e. The summed E-state index contributed by atoms with van der Waals surface area (Å²) in [5, 5.41) is 0. The third kappa shape index (κ3) is 3.50. The number of halogens is 1. The lowest BCUT2D eigenvalue weighted by atomic mass is 10.3. The molecular formula is C12H9ClO5S2. The Bertz CT molecular complexity index is 797. The minimum Gasteiger partial charge on any atom is -0.379 e. The quantitative estimate of drug-likeness (QED) is 0.634. The van der Waals surface area contributed by atoms with Gasteiger partial charge in [0.2, 0.25) is 0 Å². The van der Waals surface area contributed by atoms with Crippen LogP contribution in [0.4, 0.5) is 0 Å². The topological polar surface area (TPSA) is 77.5 Å².